The molecule has 2 aromatic rings. The topological polar surface area (TPSA) is 55.3 Å². The Morgan fingerprint density at radius 3 is 2.87 bits per heavy atom. The normalized spacial score (nSPS) is 15.8. The van der Waals surface area contributed by atoms with Gasteiger partial charge in [0.05, 0.1) is 17.2 Å². The number of ether oxygens (including phenoxy) is 1. The summed E-state index contributed by atoms with van der Waals surface area (Å²) in [6.07, 6.45) is 3.74. The molecule has 0 aromatic carbocycles. The zero-order valence-corrected chi connectivity index (χ0v) is 14.3. The van der Waals surface area contributed by atoms with Gasteiger partial charge in [-0.1, -0.05) is 6.07 Å². The van der Waals surface area contributed by atoms with Crippen molar-refractivity contribution in [2.45, 2.75) is 32.3 Å². The van der Waals surface area contributed by atoms with Crippen molar-refractivity contribution in [3.63, 3.8) is 0 Å². The summed E-state index contributed by atoms with van der Waals surface area (Å²) in [5.41, 5.74) is 2.14. The van der Waals surface area contributed by atoms with Gasteiger partial charge in [-0.2, -0.15) is 0 Å². The lowest BCUT2D eigenvalue weighted by Crippen LogP contribution is -2.38. The maximum Gasteiger partial charge on any atom is 0.263 e. The third-order valence-corrected chi connectivity index (χ3v) is 5.08. The Morgan fingerprint density at radius 2 is 2.22 bits per heavy atom. The van der Waals surface area contributed by atoms with Crippen LogP contribution in [0.4, 0.5) is 0 Å². The highest BCUT2D eigenvalue weighted by atomic mass is 32.1. The molecule has 0 unspecified atom stereocenters. The highest BCUT2D eigenvalue weighted by Gasteiger charge is 2.27. The molecule has 0 atom stereocenters. The number of nitrogens with zero attached hydrogens (tertiary/aromatic N) is 3. The fourth-order valence-electron chi connectivity index (χ4n) is 3.04. The third-order valence-electron chi connectivity index (χ3n) is 4.22. The molecule has 0 bridgehead atoms. The van der Waals surface area contributed by atoms with E-state index in [2.05, 4.69) is 9.97 Å². The summed E-state index contributed by atoms with van der Waals surface area (Å²) < 4.78 is 5.26. The van der Waals surface area contributed by atoms with E-state index in [0.717, 1.165) is 47.9 Å². The van der Waals surface area contributed by atoms with Crippen LogP contribution in [0.2, 0.25) is 0 Å². The van der Waals surface area contributed by atoms with Crippen LogP contribution >= 0.6 is 11.3 Å². The predicted octanol–water partition coefficient (Wildman–Crippen LogP) is 3.01. The highest BCUT2D eigenvalue weighted by Crippen LogP contribution is 2.30. The number of rotatable bonds is 4. The zero-order valence-electron chi connectivity index (χ0n) is 13.5. The van der Waals surface area contributed by atoms with Crippen LogP contribution in [0.1, 0.15) is 45.5 Å². The van der Waals surface area contributed by atoms with Gasteiger partial charge in [-0.05, 0) is 31.2 Å². The Morgan fingerprint density at radius 1 is 1.43 bits per heavy atom. The van der Waals surface area contributed by atoms with E-state index < -0.39 is 0 Å². The van der Waals surface area contributed by atoms with E-state index in [1.54, 1.807) is 7.11 Å². The van der Waals surface area contributed by atoms with E-state index in [4.69, 9.17) is 4.74 Å². The van der Waals surface area contributed by atoms with Crippen LogP contribution in [0.3, 0.4) is 0 Å². The molecule has 1 aliphatic heterocycles. The molecule has 23 heavy (non-hydrogen) atoms. The second-order valence-corrected chi connectivity index (χ2v) is 6.75. The Balaban J connectivity index is 1.69. The second kappa shape index (κ2) is 7.19. The molecule has 5 nitrogen and oxygen atoms in total. The molecule has 3 heterocycles. The van der Waals surface area contributed by atoms with E-state index in [1.165, 1.54) is 11.3 Å². The number of hydrogen-bond acceptors (Lipinski definition) is 5. The molecular formula is C17H21N3O2S. The number of hydrogen-bond donors (Lipinski definition) is 0. The van der Waals surface area contributed by atoms with Gasteiger partial charge in [0.2, 0.25) is 0 Å². The molecule has 0 spiro atoms. The summed E-state index contributed by atoms with van der Waals surface area (Å²) in [6.45, 7) is 3.99. The highest BCUT2D eigenvalue weighted by molar-refractivity contribution is 7.12. The maximum absolute atomic E-state index is 12.4. The average Bonchev–Trinajstić information content (AvgIpc) is 3.11. The first-order valence-electron chi connectivity index (χ1n) is 7.83. The van der Waals surface area contributed by atoms with Gasteiger partial charge in [0.1, 0.15) is 5.82 Å². The Bertz CT molecular complexity index is 664. The summed E-state index contributed by atoms with van der Waals surface area (Å²) in [7, 11) is 1.69. The molecule has 0 N–H and O–H groups in total. The van der Waals surface area contributed by atoms with Crippen molar-refractivity contribution >= 4 is 17.2 Å². The second-order valence-electron chi connectivity index (χ2n) is 5.80. The van der Waals surface area contributed by atoms with Gasteiger partial charge < -0.3 is 9.64 Å². The monoisotopic (exact) mass is 331 g/mol. The van der Waals surface area contributed by atoms with Crippen molar-refractivity contribution in [2.75, 3.05) is 20.2 Å². The minimum atomic E-state index is 0.148. The molecule has 0 aliphatic carbocycles. The van der Waals surface area contributed by atoms with Crippen LogP contribution in [-0.4, -0.2) is 41.0 Å². The average molecular weight is 331 g/mol. The van der Waals surface area contributed by atoms with Crippen molar-refractivity contribution in [3.8, 4) is 0 Å². The molecule has 1 aliphatic rings. The van der Waals surface area contributed by atoms with Crippen LogP contribution in [0.25, 0.3) is 0 Å². The molecule has 3 rings (SSSR count). The summed E-state index contributed by atoms with van der Waals surface area (Å²) in [4.78, 5) is 24.1. The van der Waals surface area contributed by atoms with Crippen molar-refractivity contribution in [2.24, 2.45) is 0 Å². The van der Waals surface area contributed by atoms with Crippen molar-refractivity contribution < 1.29 is 9.53 Å². The van der Waals surface area contributed by atoms with E-state index in [1.807, 2.05) is 35.5 Å². The van der Waals surface area contributed by atoms with Gasteiger partial charge in [-0.3, -0.25) is 4.79 Å². The van der Waals surface area contributed by atoms with Crippen molar-refractivity contribution in [3.05, 3.63) is 45.7 Å². The Labute approximate surface area is 140 Å². The number of carbonyl (C=O) groups is 1. The summed E-state index contributed by atoms with van der Waals surface area (Å²) in [5.74, 6) is 1.31. The summed E-state index contributed by atoms with van der Waals surface area (Å²) in [5, 5.41) is 1.95. The Kier molecular flexibility index (Phi) is 5.03. The lowest BCUT2D eigenvalue weighted by atomic mass is 9.91. The largest absolute Gasteiger partial charge is 0.380 e. The summed E-state index contributed by atoms with van der Waals surface area (Å²) in [6, 6.07) is 3.81. The number of carbonyl (C=O) groups excluding carboxylic acids is 1. The first-order valence-corrected chi connectivity index (χ1v) is 8.71. The number of aromatic nitrogens is 2. The first-order chi connectivity index (χ1) is 11.2. The standard InChI is InChI=1S/C17H21N3O2S/c1-12-18-10-14(11-22-2)16(19-12)13-5-7-20(8-6-13)17(21)15-4-3-9-23-15/h3-4,9-10,13H,5-8,11H2,1-2H3. The van der Waals surface area contributed by atoms with Crippen LogP contribution in [-0.2, 0) is 11.3 Å². The lowest BCUT2D eigenvalue weighted by molar-refractivity contribution is 0.0716. The number of methoxy groups -OCH3 is 1. The van der Waals surface area contributed by atoms with Gasteiger partial charge in [-0.25, -0.2) is 9.97 Å². The minimum absolute atomic E-state index is 0.148. The molecule has 0 saturated carbocycles. The SMILES string of the molecule is COCc1cnc(C)nc1C1CCN(C(=O)c2cccs2)CC1. The van der Waals surface area contributed by atoms with Gasteiger partial charge in [-0.15, -0.1) is 11.3 Å². The van der Waals surface area contributed by atoms with Gasteiger partial charge in [0, 0.05) is 37.9 Å². The molecule has 1 amide bonds. The minimum Gasteiger partial charge on any atom is -0.380 e. The van der Waals surface area contributed by atoms with E-state index in [9.17, 15) is 4.79 Å². The van der Waals surface area contributed by atoms with Gasteiger partial charge in [0.15, 0.2) is 0 Å². The number of likely N-dealkylation sites (tertiary alicyclic amines) is 1. The van der Waals surface area contributed by atoms with Gasteiger partial charge >= 0.3 is 0 Å². The van der Waals surface area contributed by atoms with E-state index in [0.29, 0.717) is 12.5 Å². The number of thiophene rings is 1. The number of aryl methyl sites for hydroxylation is 1. The maximum atomic E-state index is 12.4. The summed E-state index contributed by atoms with van der Waals surface area (Å²) >= 11 is 1.50. The fraction of sp³-hybridized carbons (Fsp3) is 0.471. The molecular weight excluding hydrogens is 310 g/mol. The molecule has 6 heteroatoms. The number of amides is 1. The predicted molar refractivity (Wildman–Crippen MR) is 89.7 cm³/mol. The van der Waals surface area contributed by atoms with E-state index >= 15 is 0 Å². The fourth-order valence-corrected chi connectivity index (χ4v) is 3.74. The van der Waals surface area contributed by atoms with E-state index in [-0.39, 0.29) is 5.91 Å². The molecule has 2 aromatic heterocycles. The smallest absolute Gasteiger partial charge is 0.263 e. The molecule has 0 radical (unpaired) electrons. The van der Waals surface area contributed by atoms with Gasteiger partial charge in [0.25, 0.3) is 5.91 Å². The number of piperidine rings is 1. The van der Waals surface area contributed by atoms with Crippen LogP contribution in [0.15, 0.2) is 23.7 Å². The first kappa shape index (κ1) is 16.1. The van der Waals surface area contributed by atoms with Crippen LogP contribution in [0.5, 0.6) is 0 Å². The molecule has 122 valence electrons. The zero-order chi connectivity index (χ0) is 16.2. The lowest BCUT2D eigenvalue weighted by Gasteiger charge is -2.32. The molecule has 1 fully saturated rings. The molecule has 1 saturated heterocycles. The Hall–Kier alpha value is -1.79. The van der Waals surface area contributed by atoms with Crippen molar-refractivity contribution in [1.29, 1.82) is 0 Å². The third kappa shape index (κ3) is 3.59. The van der Waals surface area contributed by atoms with Crippen LogP contribution < -0.4 is 0 Å². The van der Waals surface area contributed by atoms with Crippen LogP contribution in [0, 0.1) is 6.92 Å². The van der Waals surface area contributed by atoms with Crippen molar-refractivity contribution in [1.82, 2.24) is 14.9 Å². The quantitative estimate of drug-likeness (QED) is 0.864.